The number of carbonyl (C=O) groups is 10. The van der Waals surface area contributed by atoms with Gasteiger partial charge in [-0.2, -0.15) is 0 Å². The predicted molar refractivity (Wildman–Crippen MR) is 282 cm³/mol. The van der Waals surface area contributed by atoms with Crippen LogP contribution < -0.4 is 43.0 Å². The number of aliphatic carboxylic acids is 1. The minimum Gasteiger partial charge on any atom is -0.481 e. The molecule has 1 saturated heterocycles. The number of amides is 8. The molecule has 1 aliphatic rings. The van der Waals surface area contributed by atoms with Gasteiger partial charge in [0.05, 0.1) is 12.8 Å². The number of cyclic esters (lactones) is 1. The van der Waals surface area contributed by atoms with Gasteiger partial charge >= 0.3 is 11.9 Å². The normalized spacial score (nSPS) is 25.0. The molecular formula is C54H96N8O12. The first-order valence-electron chi connectivity index (χ1n) is 27.5. The number of hydrogen-bond donors (Lipinski definition) is 9. The molecule has 0 aromatic carbocycles. The molecule has 1 fully saturated rings. The van der Waals surface area contributed by atoms with E-state index in [1.54, 1.807) is 34.6 Å². The first-order valence-corrected chi connectivity index (χ1v) is 27.5. The molecule has 1 aliphatic heterocycles. The summed E-state index contributed by atoms with van der Waals surface area (Å²) in [5.74, 6) is -9.64. The molecule has 0 bridgehead atoms. The number of nitrogens with one attached hydrogen (secondary N) is 7. The van der Waals surface area contributed by atoms with Gasteiger partial charge in [-0.3, -0.25) is 43.2 Å². The van der Waals surface area contributed by atoms with Gasteiger partial charge in [0, 0.05) is 6.42 Å². The Morgan fingerprint density at radius 1 is 0.527 bits per heavy atom. The number of carbonyl (C=O) groups excluding carboxylic acids is 9. The summed E-state index contributed by atoms with van der Waals surface area (Å²) in [6.45, 7) is 22.3. The van der Waals surface area contributed by atoms with Gasteiger partial charge in [-0.25, -0.2) is 4.79 Å². The number of hydrogen-bond acceptors (Lipinski definition) is 11. The zero-order chi connectivity index (χ0) is 56.2. The molecule has 20 heteroatoms. The minimum atomic E-state index is -1.72. The summed E-state index contributed by atoms with van der Waals surface area (Å²) in [5.41, 5.74) is 5.50. The molecule has 11 unspecified atom stereocenters. The van der Waals surface area contributed by atoms with E-state index < -0.39 is 132 Å². The number of unbranched alkanes of at least 4 members (excludes halogenated alkanes) is 5. The Morgan fingerprint density at radius 2 is 0.946 bits per heavy atom. The van der Waals surface area contributed by atoms with Crippen molar-refractivity contribution in [1.82, 2.24) is 37.2 Å². The third-order valence-electron chi connectivity index (χ3n) is 13.8. The molecule has 0 radical (unpaired) electrons. The maximum Gasteiger partial charge on any atom is 0.329 e. The van der Waals surface area contributed by atoms with E-state index in [2.05, 4.69) is 51.1 Å². The fourth-order valence-electron chi connectivity index (χ4n) is 8.68. The minimum absolute atomic E-state index is 0.0467. The summed E-state index contributed by atoms with van der Waals surface area (Å²) in [6, 6.07) is -9.48. The summed E-state index contributed by atoms with van der Waals surface area (Å²) in [6.07, 6.45) is 6.18. The highest BCUT2D eigenvalue weighted by atomic mass is 16.5. The smallest absolute Gasteiger partial charge is 0.329 e. The lowest BCUT2D eigenvalue weighted by molar-refractivity contribution is -0.156. The lowest BCUT2D eigenvalue weighted by Gasteiger charge is -2.30. The van der Waals surface area contributed by atoms with Crippen molar-refractivity contribution < 1.29 is 57.8 Å². The second-order valence-electron chi connectivity index (χ2n) is 22.1. The van der Waals surface area contributed by atoms with E-state index in [-0.39, 0.29) is 56.3 Å². The van der Waals surface area contributed by atoms with E-state index >= 15 is 0 Å². The van der Waals surface area contributed by atoms with Crippen molar-refractivity contribution in [1.29, 1.82) is 0 Å². The summed E-state index contributed by atoms with van der Waals surface area (Å²) < 4.78 is 6.09. The number of carboxylic acid groups (broad SMARTS) is 1. The van der Waals surface area contributed by atoms with E-state index in [0.717, 1.165) is 44.9 Å². The topological polar surface area (TPSA) is 310 Å². The maximum absolute atomic E-state index is 14.3. The van der Waals surface area contributed by atoms with Crippen molar-refractivity contribution in [3.63, 3.8) is 0 Å². The van der Waals surface area contributed by atoms with Crippen LogP contribution in [0.4, 0.5) is 0 Å². The molecule has 0 spiro atoms. The molecule has 11 atom stereocenters. The van der Waals surface area contributed by atoms with Crippen LogP contribution in [0.15, 0.2) is 0 Å². The van der Waals surface area contributed by atoms with E-state index in [1.807, 2.05) is 34.6 Å². The molecule has 10 N–H and O–H groups in total. The van der Waals surface area contributed by atoms with Gasteiger partial charge in [-0.15, -0.1) is 0 Å². The highest BCUT2D eigenvalue weighted by molar-refractivity contribution is 5.98. The third-order valence-corrected chi connectivity index (χ3v) is 13.8. The lowest BCUT2D eigenvalue weighted by Crippen LogP contribution is -2.61. The van der Waals surface area contributed by atoms with Crippen LogP contribution in [-0.4, -0.2) is 113 Å². The number of ether oxygens (including phenoxy) is 1. The fourth-order valence-corrected chi connectivity index (χ4v) is 8.68. The standard InChI is InChI=1S/C54H96N8O12/c1-13-34(10)22-20-18-16-17-19-21-23-37-29-44(64)56-38(24-25-43(55)63)48(67)57-39(26-31(4)5)49(68)58-40(27-32(6)7)51(70)61-46(35(11)14-2)53(72)60-42(30-45(65)66)50(69)59-41(28-33(8)9)52(71)62-47(36(12)15-3)54(73)74-37/h31-42,46-47H,13-30H2,1-12H3,(H2,55,63)(H,56,64)(H,57,67)(H,58,68)(H,59,69)(H,60,72)(H,61,70)(H,62,71)(H,65,66). The van der Waals surface area contributed by atoms with Crippen LogP contribution in [0.1, 0.15) is 199 Å². The third kappa shape index (κ3) is 26.3. The Morgan fingerprint density at radius 3 is 1.41 bits per heavy atom. The molecule has 0 aliphatic carbocycles. The van der Waals surface area contributed by atoms with Crippen LogP contribution in [-0.2, 0) is 52.7 Å². The van der Waals surface area contributed by atoms with Crippen LogP contribution in [0.3, 0.4) is 0 Å². The van der Waals surface area contributed by atoms with Crippen LogP contribution in [0.5, 0.6) is 0 Å². The zero-order valence-electron chi connectivity index (χ0n) is 46.8. The Bertz CT molecular complexity index is 1830. The molecule has 74 heavy (non-hydrogen) atoms. The van der Waals surface area contributed by atoms with Crippen molar-refractivity contribution in [2.24, 2.45) is 41.2 Å². The molecule has 8 amide bonds. The van der Waals surface area contributed by atoms with Crippen LogP contribution >= 0.6 is 0 Å². The highest BCUT2D eigenvalue weighted by Crippen LogP contribution is 2.20. The number of carboxylic acids is 1. The quantitative estimate of drug-likeness (QED) is 0.0439. The number of esters is 1. The van der Waals surface area contributed by atoms with Crippen LogP contribution in [0.25, 0.3) is 0 Å². The average Bonchev–Trinajstić information content (AvgIpc) is 3.31. The van der Waals surface area contributed by atoms with Gasteiger partial charge in [0.2, 0.25) is 47.3 Å². The van der Waals surface area contributed by atoms with Gasteiger partial charge in [0.15, 0.2) is 0 Å². The van der Waals surface area contributed by atoms with E-state index in [0.29, 0.717) is 25.2 Å². The van der Waals surface area contributed by atoms with Crippen molar-refractivity contribution in [2.45, 2.75) is 247 Å². The first kappa shape index (κ1) is 66.7. The number of nitrogens with two attached hydrogens (primary N) is 1. The lowest BCUT2D eigenvalue weighted by atomic mass is 9.95. The Balaban J connectivity index is 4.01. The summed E-state index contributed by atoms with van der Waals surface area (Å²) >= 11 is 0. The van der Waals surface area contributed by atoms with Gasteiger partial charge in [0.25, 0.3) is 0 Å². The summed E-state index contributed by atoms with van der Waals surface area (Å²) in [7, 11) is 0. The van der Waals surface area contributed by atoms with Crippen LogP contribution in [0, 0.1) is 35.5 Å². The maximum atomic E-state index is 14.3. The Labute approximate surface area is 441 Å². The van der Waals surface area contributed by atoms with Crippen molar-refractivity contribution in [3.05, 3.63) is 0 Å². The van der Waals surface area contributed by atoms with Crippen molar-refractivity contribution in [2.75, 3.05) is 0 Å². The molecule has 424 valence electrons. The highest BCUT2D eigenvalue weighted by Gasteiger charge is 2.38. The monoisotopic (exact) mass is 1050 g/mol. The first-order chi connectivity index (χ1) is 34.7. The fraction of sp³-hybridized carbons (Fsp3) is 0.815. The van der Waals surface area contributed by atoms with Gasteiger partial charge < -0.3 is 52.8 Å². The molecule has 0 aromatic heterocycles. The summed E-state index contributed by atoms with van der Waals surface area (Å²) in [4.78, 5) is 138. The van der Waals surface area contributed by atoms with Crippen LogP contribution in [0.2, 0.25) is 0 Å². The Hall–Kier alpha value is -5.30. The van der Waals surface area contributed by atoms with E-state index in [1.165, 1.54) is 0 Å². The molecule has 1 heterocycles. The van der Waals surface area contributed by atoms with Gasteiger partial charge in [-0.05, 0) is 74.0 Å². The predicted octanol–water partition coefficient (Wildman–Crippen LogP) is 4.83. The second-order valence-corrected chi connectivity index (χ2v) is 22.1. The number of rotatable bonds is 25. The average molecular weight is 1050 g/mol. The van der Waals surface area contributed by atoms with E-state index in [4.69, 9.17) is 10.5 Å². The van der Waals surface area contributed by atoms with Crippen molar-refractivity contribution in [3.8, 4) is 0 Å². The van der Waals surface area contributed by atoms with Gasteiger partial charge in [0.1, 0.15) is 48.4 Å². The van der Waals surface area contributed by atoms with E-state index in [9.17, 15) is 53.1 Å². The number of primary amides is 1. The van der Waals surface area contributed by atoms with Crippen molar-refractivity contribution >= 4 is 59.2 Å². The molecule has 0 aromatic rings. The Kier molecular flexibility index (Phi) is 31.6. The molecule has 1 rings (SSSR count). The zero-order valence-corrected chi connectivity index (χ0v) is 46.8. The molecule has 20 nitrogen and oxygen atoms in total. The SMILES string of the molecule is CCC(C)CCCCCCCCC1CC(=O)NC(CCC(N)=O)C(=O)NC(CC(C)C)C(=O)NC(CC(C)C)C(=O)NC(C(C)CC)C(=O)NC(CC(=O)O)C(=O)NC(CC(C)C)C(=O)NC(C(C)CC)C(=O)O1. The van der Waals surface area contributed by atoms with Gasteiger partial charge in [-0.1, -0.05) is 141 Å². The summed E-state index contributed by atoms with van der Waals surface area (Å²) in [5, 5.41) is 28.6. The largest absolute Gasteiger partial charge is 0.481 e. The molecule has 0 saturated carbocycles. The second kappa shape index (κ2) is 35.0. The molecular weight excluding hydrogens is 953 g/mol.